The predicted molar refractivity (Wildman–Crippen MR) is 86.1 cm³/mol. The molecule has 2 aromatic rings. The topological polar surface area (TPSA) is 35.0 Å². The Morgan fingerprint density at radius 1 is 1.14 bits per heavy atom. The molecule has 0 saturated carbocycles. The number of nitrogens with zero attached hydrogens (tertiary/aromatic N) is 2. The van der Waals surface area contributed by atoms with E-state index in [4.69, 9.17) is 4.74 Å². The minimum Gasteiger partial charge on any atom is -0.494 e. The Labute approximate surface area is 130 Å². The Balaban J connectivity index is 1.48. The van der Waals surface area contributed by atoms with Gasteiger partial charge in [0.15, 0.2) is 0 Å². The molecule has 0 amide bonds. The Bertz CT molecular complexity index is 601. The standard InChI is InChI=1S/C17H20N2OS/c1-13-18-16-10-5-9-15(16)17(19-13)21-12-6-11-20-14-7-3-2-4-8-14/h2-4,7-8H,5-6,9-12H2,1H3. The average molecular weight is 300 g/mol. The van der Waals surface area contributed by atoms with Crippen LogP contribution in [0.3, 0.4) is 0 Å². The molecule has 0 bridgehead atoms. The first-order valence-corrected chi connectivity index (χ1v) is 8.48. The lowest BCUT2D eigenvalue weighted by molar-refractivity contribution is 0.318. The second-order valence-corrected chi connectivity index (χ2v) is 6.30. The van der Waals surface area contributed by atoms with Crippen LogP contribution in [0.5, 0.6) is 5.75 Å². The molecule has 0 fully saturated rings. The van der Waals surface area contributed by atoms with E-state index in [9.17, 15) is 0 Å². The van der Waals surface area contributed by atoms with Gasteiger partial charge in [0.05, 0.1) is 6.61 Å². The second kappa shape index (κ2) is 6.94. The minimum absolute atomic E-state index is 0.753. The highest BCUT2D eigenvalue weighted by Crippen LogP contribution is 2.29. The van der Waals surface area contributed by atoms with Gasteiger partial charge in [-0.2, -0.15) is 0 Å². The lowest BCUT2D eigenvalue weighted by Gasteiger charge is -2.08. The van der Waals surface area contributed by atoms with Crippen molar-refractivity contribution in [3.63, 3.8) is 0 Å². The first kappa shape index (κ1) is 14.4. The fourth-order valence-corrected chi connectivity index (χ4v) is 3.62. The first-order chi connectivity index (χ1) is 10.3. The molecule has 1 aromatic heterocycles. The third-order valence-electron chi connectivity index (χ3n) is 3.55. The summed E-state index contributed by atoms with van der Waals surface area (Å²) in [7, 11) is 0. The summed E-state index contributed by atoms with van der Waals surface area (Å²) < 4.78 is 5.71. The zero-order valence-electron chi connectivity index (χ0n) is 12.3. The molecule has 0 unspecified atom stereocenters. The van der Waals surface area contributed by atoms with Crippen molar-refractivity contribution in [1.29, 1.82) is 0 Å². The van der Waals surface area contributed by atoms with E-state index < -0.39 is 0 Å². The van der Waals surface area contributed by atoms with Gasteiger partial charge in [0, 0.05) is 17.0 Å². The number of aromatic nitrogens is 2. The zero-order valence-corrected chi connectivity index (χ0v) is 13.2. The van der Waals surface area contributed by atoms with Gasteiger partial charge in [0.25, 0.3) is 0 Å². The highest BCUT2D eigenvalue weighted by atomic mass is 32.2. The van der Waals surface area contributed by atoms with E-state index in [0.717, 1.165) is 43.2 Å². The van der Waals surface area contributed by atoms with Crippen molar-refractivity contribution in [3.8, 4) is 5.75 Å². The quantitative estimate of drug-likeness (QED) is 0.461. The molecule has 0 N–H and O–H groups in total. The van der Waals surface area contributed by atoms with E-state index in [1.165, 1.54) is 22.7 Å². The van der Waals surface area contributed by atoms with Gasteiger partial charge in [0.2, 0.25) is 0 Å². The van der Waals surface area contributed by atoms with Crippen molar-refractivity contribution < 1.29 is 4.74 Å². The van der Waals surface area contributed by atoms with Crippen LogP contribution in [0.2, 0.25) is 0 Å². The molecular formula is C17H20N2OS. The molecule has 1 heterocycles. The third-order valence-corrected chi connectivity index (χ3v) is 4.65. The molecule has 3 rings (SSSR count). The summed E-state index contributed by atoms with van der Waals surface area (Å²) in [6.07, 6.45) is 4.50. The van der Waals surface area contributed by atoms with Crippen LogP contribution < -0.4 is 4.74 Å². The van der Waals surface area contributed by atoms with Crippen molar-refractivity contribution in [1.82, 2.24) is 9.97 Å². The molecular weight excluding hydrogens is 280 g/mol. The third kappa shape index (κ3) is 3.76. The van der Waals surface area contributed by atoms with Gasteiger partial charge >= 0.3 is 0 Å². The Kier molecular flexibility index (Phi) is 4.76. The van der Waals surface area contributed by atoms with E-state index in [2.05, 4.69) is 9.97 Å². The summed E-state index contributed by atoms with van der Waals surface area (Å²) in [5.74, 6) is 2.88. The van der Waals surface area contributed by atoms with Gasteiger partial charge in [-0.1, -0.05) is 18.2 Å². The number of hydrogen-bond donors (Lipinski definition) is 0. The summed E-state index contributed by atoms with van der Waals surface area (Å²) >= 11 is 1.84. The SMILES string of the molecule is Cc1nc2c(c(SCCCOc3ccccc3)n1)CCC2. The predicted octanol–water partition coefficient (Wildman–Crippen LogP) is 3.83. The summed E-state index contributed by atoms with van der Waals surface area (Å²) in [5.41, 5.74) is 2.65. The molecule has 0 atom stereocenters. The van der Waals surface area contributed by atoms with E-state index in [0.29, 0.717) is 0 Å². The highest BCUT2D eigenvalue weighted by molar-refractivity contribution is 7.99. The molecule has 4 heteroatoms. The van der Waals surface area contributed by atoms with Crippen LogP contribution >= 0.6 is 11.8 Å². The van der Waals surface area contributed by atoms with Crippen molar-refractivity contribution in [2.45, 2.75) is 37.6 Å². The summed E-state index contributed by atoms with van der Waals surface area (Å²) in [4.78, 5) is 9.16. The molecule has 3 nitrogen and oxygen atoms in total. The van der Waals surface area contributed by atoms with Gasteiger partial charge < -0.3 is 4.74 Å². The molecule has 1 aliphatic carbocycles. The van der Waals surface area contributed by atoms with Crippen LogP contribution in [-0.4, -0.2) is 22.3 Å². The molecule has 110 valence electrons. The molecule has 0 saturated heterocycles. The largest absolute Gasteiger partial charge is 0.494 e. The number of hydrogen-bond acceptors (Lipinski definition) is 4. The molecule has 21 heavy (non-hydrogen) atoms. The van der Waals surface area contributed by atoms with Crippen LogP contribution in [-0.2, 0) is 12.8 Å². The molecule has 0 radical (unpaired) electrons. The number of ether oxygens (including phenoxy) is 1. The number of fused-ring (bicyclic) bond motifs is 1. The number of thioether (sulfide) groups is 1. The Morgan fingerprint density at radius 3 is 2.86 bits per heavy atom. The number of para-hydroxylation sites is 1. The summed E-state index contributed by atoms with van der Waals surface area (Å²) in [5, 5.41) is 1.19. The van der Waals surface area contributed by atoms with Crippen molar-refractivity contribution in [3.05, 3.63) is 47.4 Å². The smallest absolute Gasteiger partial charge is 0.126 e. The monoisotopic (exact) mass is 300 g/mol. The van der Waals surface area contributed by atoms with Gasteiger partial charge in [-0.15, -0.1) is 11.8 Å². The second-order valence-electron chi connectivity index (χ2n) is 5.22. The molecule has 1 aromatic carbocycles. The average Bonchev–Trinajstić information content (AvgIpc) is 2.96. The lowest BCUT2D eigenvalue weighted by atomic mass is 10.3. The maximum absolute atomic E-state index is 5.71. The Morgan fingerprint density at radius 2 is 2.00 bits per heavy atom. The van der Waals surface area contributed by atoms with Gasteiger partial charge in [0.1, 0.15) is 16.6 Å². The van der Waals surface area contributed by atoms with Crippen LogP contribution in [0, 0.1) is 6.92 Å². The van der Waals surface area contributed by atoms with Gasteiger partial charge in [-0.3, -0.25) is 0 Å². The van der Waals surface area contributed by atoms with E-state index in [-0.39, 0.29) is 0 Å². The van der Waals surface area contributed by atoms with E-state index in [1.54, 1.807) is 0 Å². The van der Waals surface area contributed by atoms with E-state index >= 15 is 0 Å². The van der Waals surface area contributed by atoms with Crippen molar-refractivity contribution in [2.75, 3.05) is 12.4 Å². The van der Waals surface area contributed by atoms with Crippen molar-refractivity contribution >= 4 is 11.8 Å². The minimum atomic E-state index is 0.753. The normalized spacial score (nSPS) is 13.2. The van der Waals surface area contributed by atoms with Crippen LogP contribution in [0.1, 0.15) is 29.9 Å². The number of rotatable bonds is 6. The van der Waals surface area contributed by atoms with Crippen LogP contribution in [0.4, 0.5) is 0 Å². The van der Waals surface area contributed by atoms with Gasteiger partial charge in [-0.05, 0) is 44.7 Å². The zero-order chi connectivity index (χ0) is 14.5. The van der Waals surface area contributed by atoms with Crippen molar-refractivity contribution in [2.24, 2.45) is 0 Å². The Hall–Kier alpha value is -1.55. The first-order valence-electron chi connectivity index (χ1n) is 7.50. The van der Waals surface area contributed by atoms with Gasteiger partial charge in [-0.25, -0.2) is 9.97 Å². The van der Waals surface area contributed by atoms with Crippen LogP contribution in [0.25, 0.3) is 0 Å². The lowest BCUT2D eigenvalue weighted by Crippen LogP contribution is -2.01. The number of benzene rings is 1. The summed E-state index contributed by atoms with van der Waals surface area (Å²) in [6, 6.07) is 9.98. The molecule has 1 aliphatic rings. The fourth-order valence-electron chi connectivity index (χ4n) is 2.57. The van der Waals surface area contributed by atoms with E-state index in [1.807, 2.05) is 49.0 Å². The van der Waals surface area contributed by atoms with Crippen LogP contribution in [0.15, 0.2) is 35.4 Å². The highest BCUT2D eigenvalue weighted by Gasteiger charge is 2.18. The number of aryl methyl sites for hydroxylation is 2. The maximum Gasteiger partial charge on any atom is 0.126 e. The fraction of sp³-hybridized carbons (Fsp3) is 0.412. The molecule has 0 aliphatic heterocycles. The summed E-state index contributed by atoms with van der Waals surface area (Å²) in [6.45, 7) is 2.74. The molecule has 0 spiro atoms. The maximum atomic E-state index is 5.71.